The highest BCUT2D eigenvalue weighted by Crippen LogP contribution is 2.26. The first-order valence-corrected chi connectivity index (χ1v) is 8.39. The van der Waals surface area contributed by atoms with Gasteiger partial charge in [-0.1, -0.05) is 18.2 Å². The topological polar surface area (TPSA) is 51.0 Å². The number of para-hydroxylation sites is 1. The summed E-state index contributed by atoms with van der Waals surface area (Å²) < 4.78 is 1.75. The Balaban J connectivity index is 1.78. The standard InChI is InChI=1S/C17H20N4OS/c1-11(17-12(2)23-13(3)19-17)20(4)16(22)10-21-15-8-6-5-7-14(15)9-18-21/h5-9,11H,10H2,1-4H3/t11-/m0/s1. The molecule has 0 aliphatic heterocycles. The molecule has 1 atom stereocenters. The molecule has 6 heteroatoms. The molecule has 0 radical (unpaired) electrons. The fourth-order valence-corrected chi connectivity index (χ4v) is 3.63. The SMILES string of the molecule is Cc1nc([C@H](C)N(C)C(=O)Cn2ncc3ccccc32)c(C)s1. The molecule has 5 nitrogen and oxygen atoms in total. The van der Waals surface area contributed by atoms with Crippen LogP contribution in [0.2, 0.25) is 0 Å². The number of likely N-dealkylation sites (N-methyl/N-ethyl adjacent to an activating group) is 1. The van der Waals surface area contributed by atoms with Crippen LogP contribution in [0.1, 0.15) is 28.5 Å². The van der Waals surface area contributed by atoms with E-state index < -0.39 is 0 Å². The predicted molar refractivity (Wildman–Crippen MR) is 92.5 cm³/mol. The summed E-state index contributed by atoms with van der Waals surface area (Å²) in [5.74, 6) is 0.0245. The molecule has 3 aromatic rings. The van der Waals surface area contributed by atoms with Gasteiger partial charge in [0.25, 0.3) is 0 Å². The van der Waals surface area contributed by atoms with E-state index in [2.05, 4.69) is 17.0 Å². The summed E-state index contributed by atoms with van der Waals surface area (Å²) in [5.41, 5.74) is 1.95. The molecule has 120 valence electrons. The summed E-state index contributed by atoms with van der Waals surface area (Å²) in [6.07, 6.45) is 1.79. The van der Waals surface area contributed by atoms with Gasteiger partial charge in [-0.05, 0) is 26.8 Å². The maximum Gasteiger partial charge on any atom is 0.244 e. The number of benzene rings is 1. The van der Waals surface area contributed by atoms with Gasteiger partial charge >= 0.3 is 0 Å². The average Bonchev–Trinajstić information content (AvgIpc) is 3.09. The summed E-state index contributed by atoms with van der Waals surface area (Å²) in [6, 6.07) is 7.86. The van der Waals surface area contributed by atoms with Crippen LogP contribution in [0, 0.1) is 13.8 Å². The number of aromatic nitrogens is 3. The highest BCUT2D eigenvalue weighted by Gasteiger charge is 2.22. The maximum absolute atomic E-state index is 12.6. The van der Waals surface area contributed by atoms with E-state index in [1.165, 1.54) is 4.88 Å². The van der Waals surface area contributed by atoms with Gasteiger partial charge in [-0.2, -0.15) is 5.10 Å². The summed E-state index contributed by atoms with van der Waals surface area (Å²) in [7, 11) is 1.83. The molecule has 1 amide bonds. The number of aryl methyl sites for hydroxylation is 2. The molecule has 0 fully saturated rings. The highest BCUT2D eigenvalue weighted by molar-refractivity contribution is 7.11. The lowest BCUT2D eigenvalue weighted by Gasteiger charge is -2.24. The van der Waals surface area contributed by atoms with E-state index in [0.29, 0.717) is 0 Å². The van der Waals surface area contributed by atoms with Crippen molar-refractivity contribution in [3.05, 3.63) is 46.0 Å². The van der Waals surface area contributed by atoms with Crippen LogP contribution in [0.3, 0.4) is 0 Å². The molecular weight excluding hydrogens is 308 g/mol. The largest absolute Gasteiger partial charge is 0.336 e. The summed E-state index contributed by atoms with van der Waals surface area (Å²) in [4.78, 5) is 20.1. The van der Waals surface area contributed by atoms with Crippen LogP contribution in [-0.2, 0) is 11.3 Å². The summed E-state index contributed by atoms with van der Waals surface area (Å²) >= 11 is 1.67. The zero-order chi connectivity index (χ0) is 16.6. The molecule has 0 bridgehead atoms. The van der Waals surface area contributed by atoms with E-state index >= 15 is 0 Å². The van der Waals surface area contributed by atoms with Crippen molar-refractivity contribution >= 4 is 28.1 Å². The van der Waals surface area contributed by atoms with Crippen LogP contribution in [0.4, 0.5) is 0 Å². The molecular formula is C17H20N4OS. The van der Waals surface area contributed by atoms with Crippen molar-refractivity contribution in [2.45, 2.75) is 33.4 Å². The van der Waals surface area contributed by atoms with Gasteiger partial charge in [-0.15, -0.1) is 11.3 Å². The van der Waals surface area contributed by atoms with Gasteiger partial charge in [0.1, 0.15) is 6.54 Å². The molecule has 0 N–H and O–H groups in total. The Bertz CT molecular complexity index is 851. The lowest BCUT2D eigenvalue weighted by atomic mass is 10.2. The fourth-order valence-electron chi connectivity index (χ4n) is 2.72. The van der Waals surface area contributed by atoms with Crippen molar-refractivity contribution in [1.29, 1.82) is 0 Å². The number of fused-ring (bicyclic) bond motifs is 1. The number of rotatable bonds is 4. The van der Waals surface area contributed by atoms with Crippen LogP contribution in [0.25, 0.3) is 10.9 Å². The maximum atomic E-state index is 12.6. The molecule has 0 spiro atoms. The molecule has 0 saturated carbocycles. The Morgan fingerprint density at radius 1 is 1.35 bits per heavy atom. The van der Waals surface area contributed by atoms with E-state index in [0.717, 1.165) is 21.6 Å². The lowest BCUT2D eigenvalue weighted by Crippen LogP contribution is -2.33. The number of hydrogen-bond donors (Lipinski definition) is 0. The Morgan fingerprint density at radius 2 is 2.09 bits per heavy atom. The Kier molecular flexibility index (Phi) is 4.17. The van der Waals surface area contributed by atoms with E-state index in [4.69, 9.17) is 0 Å². The summed E-state index contributed by atoms with van der Waals surface area (Å²) in [6.45, 7) is 6.29. The van der Waals surface area contributed by atoms with Crippen LogP contribution in [-0.4, -0.2) is 32.6 Å². The van der Waals surface area contributed by atoms with Gasteiger partial charge in [0.15, 0.2) is 0 Å². The molecule has 0 saturated heterocycles. The lowest BCUT2D eigenvalue weighted by molar-refractivity contribution is -0.132. The number of carbonyl (C=O) groups excluding carboxylic acids is 1. The second-order valence-electron chi connectivity index (χ2n) is 5.72. The second kappa shape index (κ2) is 6.12. The van der Waals surface area contributed by atoms with Gasteiger partial charge in [0.05, 0.1) is 28.5 Å². The van der Waals surface area contributed by atoms with Crippen molar-refractivity contribution in [3.8, 4) is 0 Å². The minimum absolute atomic E-state index is 0.0245. The minimum atomic E-state index is -0.0470. The Hall–Kier alpha value is -2.21. The highest BCUT2D eigenvalue weighted by atomic mass is 32.1. The van der Waals surface area contributed by atoms with Gasteiger partial charge in [-0.25, -0.2) is 4.98 Å². The van der Waals surface area contributed by atoms with Gasteiger partial charge in [0, 0.05) is 17.3 Å². The third-order valence-corrected chi connectivity index (χ3v) is 5.05. The van der Waals surface area contributed by atoms with E-state index in [1.54, 1.807) is 27.1 Å². The van der Waals surface area contributed by atoms with E-state index in [1.807, 2.05) is 45.2 Å². The van der Waals surface area contributed by atoms with Crippen molar-refractivity contribution in [2.24, 2.45) is 0 Å². The zero-order valence-corrected chi connectivity index (χ0v) is 14.6. The average molecular weight is 328 g/mol. The molecule has 0 aliphatic rings. The first-order chi connectivity index (χ1) is 11.0. The fraction of sp³-hybridized carbons (Fsp3) is 0.353. The monoisotopic (exact) mass is 328 g/mol. The Labute approximate surface area is 139 Å². The van der Waals surface area contributed by atoms with Gasteiger partial charge < -0.3 is 4.90 Å². The first kappa shape index (κ1) is 15.7. The van der Waals surface area contributed by atoms with Crippen molar-refractivity contribution in [2.75, 3.05) is 7.05 Å². The third kappa shape index (κ3) is 2.99. The predicted octanol–water partition coefficient (Wildman–Crippen LogP) is 3.33. The Morgan fingerprint density at radius 3 is 2.78 bits per heavy atom. The van der Waals surface area contributed by atoms with Crippen LogP contribution < -0.4 is 0 Å². The molecule has 1 aromatic carbocycles. The number of amides is 1. The number of carbonyl (C=O) groups is 1. The van der Waals surface area contributed by atoms with Crippen molar-refractivity contribution < 1.29 is 4.79 Å². The van der Waals surface area contributed by atoms with Crippen LogP contribution in [0.5, 0.6) is 0 Å². The summed E-state index contributed by atoms with van der Waals surface area (Å²) in [5, 5.41) is 6.40. The van der Waals surface area contributed by atoms with Crippen molar-refractivity contribution in [1.82, 2.24) is 19.7 Å². The quantitative estimate of drug-likeness (QED) is 0.738. The molecule has 2 heterocycles. The van der Waals surface area contributed by atoms with Crippen LogP contribution >= 0.6 is 11.3 Å². The second-order valence-corrected chi connectivity index (χ2v) is 7.12. The van der Waals surface area contributed by atoms with Gasteiger partial charge in [-0.3, -0.25) is 9.48 Å². The third-order valence-electron chi connectivity index (χ3n) is 4.15. The number of nitrogens with zero attached hydrogens (tertiary/aromatic N) is 4. The minimum Gasteiger partial charge on any atom is -0.336 e. The molecule has 0 aliphatic carbocycles. The van der Waals surface area contributed by atoms with Crippen LogP contribution in [0.15, 0.2) is 30.5 Å². The molecule has 3 rings (SSSR count). The van der Waals surface area contributed by atoms with E-state index in [-0.39, 0.29) is 18.5 Å². The smallest absolute Gasteiger partial charge is 0.244 e. The van der Waals surface area contributed by atoms with Crippen molar-refractivity contribution in [3.63, 3.8) is 0 Å². The molecule has 23 heavy (non-hydrogen) atoms. The number of thiazole rings is 1. The van der Waals surface area contributed by atoms with E-state index in [9.17, 15) is 4.79 Å². The van der Waals surface area contributed by atoms with Gasteiger partial charge in [0.2, 0.25) is 5.91 Å². The number of hydrogen-bond acceptors (Lipinski definition) is 4. The molecule has 0 unspecified atom stereocenters. The zero-order valence-electron chi connectivity index (χ0n) is 13.8. The normalized spacial score (nSPS) is 12.5. The molecule has 2 aromatic heterocycles. The first-order valence-electron chi connectivity index (χ1n) is 7.57.